The fourth-order valence-corrected chi connectivity index (χ4v) is 2.69. The Hall–Kier alpha value is -1.96. The number of carbonyl (C=O) groups is 1. The monoisotopic (exact) mass is 393 g/mol. The van der Waals surface area contributed by atoms with Gasteiger partial charge in [0.25, 0.3) is 0 Å². The SMILES string of the molecule is COC(=O)c1cc(-c2cncn2C)nc2cc(I)ccc12. The maximum atomic E-state index is 12.0. The van der Waals surface area contributed by atoms with E-state index in [0.29, 0.717) is 11.3 Å². The maximum absolute atomic E-state index is 12.0. The average Bonchev–Trinajstić information content (AvgIpc) is 2.91. The molecule has 1 aromatic carbocycles. The van der Waals surface area contributed by atoms with Crippen LogP contribution in [0.5, 0.6) is 0 Å². The van der Waals surface area contributed by atoms with Crippen molar-refractivity contribution in [2.75, 3.05) is 7.11 Å². The molecule has 0 N–H and O–H groups in total. The molecule has 0 unspecified atom stereocenters. The lowest BCUT2D eigenvalue weighted by Gasteiger charge is -2.09. The standard InChI is InChI=1S/C15H12IN3O2/c1-19-8-17-7-14(19)13-6-11(15(20)21-2)10-4-3-9(16)5-12(10)18-13/h3-8H,1-2H3. The van der Waals surface area contributed by atoms with Crippen LogP contribution in [-0.2, 0) is 11.8 Å². The highest BCUT2D eigenvalue weighted by Gasteiger charge is 2.15. The lowest BCUT2D eigenvalue weighted by atomic mass is 10.1. The second-order valence-corrected chi connectivity index (χ2v) is 5.84. The van der Waals surface area contributed by atoms with E-state index in [9.17, 15) is 4.79 Å². The van der Waals surface area contributed by atoms with Gasteiger partial charge in [-0.25, -0.2) is 14.8 Å². The second kappa shape index (κ2) is 5.44. The maximum Gasteiger partial charge on any atom is 0.338 e. The molecule has 5 nitrogen and oxygen atoms in total. The first kappa shape index (κ1) is 14.0. The van der Waals surface area contributed by atoms with E-state index in [2.05, 4.69) is 32.6 Å². The minimum atomic E-state index is -0.368. The van der Waals surface area contributed by atoms with Crippen LogP contribution in [0, 0.1) is 3.57 Å². The molecule has 0 saturated heterocycles. The molecule has 0 amide bonds. The molecule has 2 heterocycles. The van der Waals surface area contributed by atoms with E-state index in [0.717, 1.165) is 20.2 Å². The summed E-state index contributed by atoms with van der Waals surface area (Å²) < 4.78 is 7.81. The summed E-state index contributed by atoms with van der Waals surface area (Å²) in [4.78, 5) is 20.8. The van der Waals surface area contributed by atoms with Crippen LogP contribution in [0.2, 0.25) is 0 Å². The molecule has 0 atom stereocenters. The van der Waals surface area contributed by atoms with Crippen LogP contribution >= 0.6 is 22.6 Å². The van der Waals surface area contributed by atoms with Crippen LogP contribution in [0.1, 0.15) is 10.4 Å². The summed E-state index contributed by atoms with van der Waals surface area (Å²) >= 11 is 2.22. The fourth-order valence-electron chi connectivity index (χ4n) is 2.22. The van der Waals surface area contributed by atoms with Crippen LogP contribution in [0.15, 0.2) is 36.8 Å². The molecule has 3 aromatic rings. The Bertz CT molecular complexity index is 842. The summed E-state index contributed by atoms with van der Waals surface area (Å²) in [6, 6.07) is 7.53. The van der Waals surface area contributed by atoms with Crippen molar-refractivity contribution < 1.29 is 9.53 Å². The third-order valence-corrected chi connectivity index (χ3v) is 3.93. The van der Waals surface area contributed by atoms with Gasteiger partial charge >= 0.3 is 5.97 Å². The molecule has 0 aliphatic rings. The normalized spacial score (nSPS) is 10.8. The van der Waals surface area contributed by atoms with Crippen molar-refractivity contribution in [3.63, 3.8) is 0 Å². The van der Waals surface area contributed by atoms with Crippen LogP contribution < -0.4 is 0 Å². The number of benzene rings is 1. The zero-order chi connectivity index (χ0) is 15.0. The Kier molecular flexibility index (Phi) is 3.62. The smallest absolute Gasteiger partial charge is 0.338 e. The number of hydrogen-bond donors (Lipinski definition) is 0. The summed E-state index contributed by atoms with van der Waals surface area (Å²) in [6.07, 6.45) is 3.43. The number of ether oxygens (including phenoxy) is 1. The van der Waals surface area contributed by atoms with Gasteiger partial charge in [-0.3, -0.25) is 0 Å². The Morgan fingerprint density at radius 2 is 2.14 bits per heavy atom. The predicted molar refractivity (Wildman–Crippen MR) is 88.0 cm³/mol. The molecule has 0 spiro atoms. The molecular formula is C15H12IN3O2. The van der Waals surface area contributed by atoms with Crippen LogP contribution in [0.4, 0.5) is 0 Å². The van der Waals surface area contributed by atoms with Gasteiger partial charge in [0.2, 0.25) is 0 Å². The zero-order valence-corrected chi connectivity index (χ0v) is 13.7. The van der Waals surface area contributed by atoms with Gasteiger partial charge in [0.15, 0.2) is 0 Å². The van der Waals surface area contributed by atoms with Crippen molar-refractivity contribution in [3.8, 4) is 11.4 Å². The number of carbonyl (C=O) groups excluding carboxylic acids is 1. The third kappa shape index (κ3) is 2.51. The molecule has 0 fully saturated rings. The summed E-state index contributed by atoms with van der Waals surface area (Å²) in [5.41, 5.74) is 2.82. The molecular weight excluding hydrogens is 381 g/mol. The van der Waals surface area contributed by atoms with Crippen molar-refractivity contribution >= 4 is 39.5 Å². The van der Waals surface area contributed by atoms with Crippen LogP contribution in [0.25, 0.3) is 22.3 Å². The highest BCUT2D eigenvalue weighted by Crippen LogP contribution is 2.26. The molecule has 3 rings (SSSR count). The fraction of sp³-hybridized carbons (Fsp3) is 0.133. The molecule has 2 aromatic heterocycles. The number of methoxy groups -OCH3 is 1. The van der Waals surface area contributed by atoms with Gasteiger partial charge in [0, 0.05) is 16.0 Å². The Balaban J connectivity index is 2.33. The Labute approximate surface area is 135 Å². The first-order valence-corrected chi connectivity index (χ1v) is 7.33. The predicted octanol–water partition coefficient (Wildman–Crippen LogP) is 3.03. The lowest BCUT2D eigenvalue weighted by molar-refractivity contribution is 0.0603. The largest absolute Gasteiger partial charge is 0.465 e. The third-order valence-electron chi connectivity index (χ3n) is 3.26. The van der Waals surface area contributed by atoms with Crippen molar-refractivity contribution in [1.29, 1.82) is 0 Å². The molecule has 21 heavy (non-hydrogen) atoms. The molecule has 106 valence electrons. The highest BCUT2D eigenvalue weighted by atomic mass is 127. The number of halogens is 1. The Morgan fingerprint density at radius 3 is 2.81 bits per heavy atom. The van der Waals surface area contributed by atoms with Gasteiger partial charge in [-0.2, -0.15) is 0 Å². The van der Waals surface area contributed by atoms with Gasteiger partial charge in [0.05, 0.1) is 42.1 Å². The molecule has 0 bridgehead atoms. The number of esters is 1. The number of hydrogen-bond acceptors (Lipinski definition) is 4. The first-order chi connectivity index (χ1) is 10.1. The number of pyridine rings is 1. The number of imidazole rings is 1. The number of rotatable bonds is 2. The van der Waals surface area contributed by atoms with E-state index < -0.39 is 0 Å². The molecule has 0 radical (unpaired) electrons. The minimum absolute atomic E-state index is 0.368. The van der Waals surface area contributed by atoms with Crippen molar-refractivity contribution in [2.24, 2.45) is 7.05 Å². The average molecular weight is 393 g/mol. The second-order valence-electron chi connectivity index (χ2n) is 4.60. The van der Waals surface area contributed by atoms with E-state index in [1.54, 1.807) is 18.6 Å². The number of fused-ring (bicyclic) bond motifs is 1. The minimum Gasteiger partial charge on any atom is -0.465 e. The topological polar surface area (TPSA) is 57.0 Å². The quantitative estimate of drug-likeness (QED) is 0.496. The van der Waals surface area contributed by atoms with Gasteiger partial charge < -0.3 is 9.30 Å². The van der Waals surface area contributed by atoms with E-state index in [4.69, 9.17) is 4.74 Å². The van der Waals surface area contributed by atoms with Gasteiger partial charge in [-0.05, 0) is 40.8 Å². The van der Waals surface area contributed by atoms with Gasteiger partial charge in [-0.15, -0.1) is 0 Å². The molecule has 6 heteroatoms. The van der Waals surface area contributed by atoms with Crippen molar-refractivity contribution in [1.82, 2.24) is 14.5 Å². The van der Waals surface area contributed by atoms with Crippen LogP contribution in [0.3, 0.4) is 0 Å². The number of aryl methyl sites for hydroxylation is 1. The van der Waals surface area contributed by atoms with Crippen molar-refractivity contribution in [2.45, 2.75) is 0 Å². The Morgan fingerprint density at radius 1 is 1.33 bits per heavy atom. The van der Waals surface area contributed by atoms with E-state index in [-0.39, 0.29) is 5.97 Å². The summed E-state index contributed by atoms with van der Waals surface area (Å²) in [5, 5.41) is 0.785. The summed E-state index contributed by atoms with van der Waals surface area (Å²) in [7, 11) is 3.27. The molecule has 0 saturated carbocycles. The van der Waals surface area contributed by atoms with E-state index in [1.165, 1.54) is 7.11 Å². The lowest BCUT2D eigenvalue weighted by Crippen LogP contribution is -2.04. The van der Waals surface area contributed by atoms with Gasteiger partial charge in [-0.1, -0.05) is 6.07 Å². The van der Waals surface area contributed by atoms with Crippen LogP contribution in [-0.4, -0.2) is 27.6 Å². The highest BCUT2D eigenvalue weighted by molar-refractivity contribution is 14.1. The number of nitrogens with zero attached hydrogens (tertiary/aromatic N) is 3. The van der Waals surface area contributed by atoms with E-state index >= 15 is 0 Å². The summed E-state index contributed by atoms with van der Waals surface area (Å²) in [6.45, 7) is 0. The van der Waals surface area contributed by atoms with Gasteiger partial charge in [0.1, 0.15) is 0 Å². The summed E-state index contributed by atoms with van der Waals surface area (Å²) in [5.74, 6) is -0.368. The van der Waals surface area contributed by atoms with E-state index in [1.807, 2.05) is 29.8 Å². The first-order valence-electron chi connectivity index (χ1n) is 6.25. The number of aromatic nitrogens is 3. The van der Waals surface area contributed by atoms with Crippen molar-refractivity contribution in [3.05, 3.63) is 45.9 Å². The zero-order valence-electron chi connectivity index (χ0n) is 11.5. The molecule has 0 aliphatic heterocycles. The molecule has 0 aliphatic carbocycles.